The van der Waals surface area contributed by atoms with Gasteiger partial charge in [-0.3, -0.25) is 9.20 Å². The van der Waals surface area contributed by atoms with Crippen LogP contribution >= 0.6 is 11.5 Å². The summed E-state index contributed by atoms with van der Waals surface area (Å²) in [5.74, 6) is 0.424. The fraction of sp³-hybridized carbons (Fsp3) is 0.100. The Hall–Kier alpha value is -1.75. The molecule has 2 aromatic heterocycles. The van der Waals surface area contributed by atoms with Gasteiger partial charge in [-0.25, -0.2) is 4.98 Å². The summed E-state index contributed by atoms with van der Waals surface area (Å²) in [6.45, 7) is 1.52. The topological polar surface area (TPSA) is 47.3 Å². The monoisotopic (exact) mass is 217 g/mol. The molecule has 0 N–H and O–H groups in total. The average molecular weight is 217 g/mol. The van der Waals surface area contributed by atoms with Crippen molar-refractivity contribution in [3.8, 4) is 0 Å². The van der Waals surface area contributed by atoms with E-state index in [1.54, 1.807) is 0 Å². The molecule has 0 fully saturated rings. The van der Waals surface area contributed by atoms with Crippen molar-refractivity contribution in [1.29, 1.82) is 0 Å². The van der Waals surface area contributed by atoms with Crippen LogP contribution in [-0.2, 0) is 0 Å². The number of hydrogen-bond donors (Lipinski definition) is 0. The number of Topliss-reactive ketones (excluding diaryl/α,β-unsaturated/α-hetero) is 1. The first-order chi connectivity index (χ1) is 7.27. The molecular formula is C10H7N3OS. The normalized spacial score (nSPS) is 11.3. The average Bonchev–Trinajstić information content (AvgIpc) is 2.74. The molecule has 0 atom stereocenters. The van der Waals surface area contributed by atoms with Crippen LogP contribution in [0.3, 0.4) is 0 Å². The predicted octanol–water partition coefficient (Wildman–Crippen LogP) is 2.15. The number of nitrogens with zero attached hydrogens (tertiary/aromatic N) is 3. The van der Waals surface area contributed by atoms with E-state index in [4.69, 9.17) is 0 Å². The van der Waals surface area contributed by atoms with Gasteiger partial charge in [0, 0.05) is 18.5 Å². The zero-order chi connectivity index (χ0) is 10.4. The summed E-state index contributed by atoms with van der Waals surface area (Å²) in [4.78, 5) is 16.5. The lowest BCUT2D eigenvalue weighted by Gasteiger charge is -1.92. The van der Waals surface area contributed by atoms with Gasteiger partial charge in [0.15, 0.2) is 11.6 Å². The maximum atomic E-state index is 11.4. The molecule has 0 bridgehead atoms. The Kier molecular flexibility index (Phi) is 1.63. The van der Waals surface area contributed by atoms with E-state index in [0.717, 1.165) is 16.0 Å². The lowest BCUT2D eigenvalue weighted by molar-refractivity contribution is 0.100. The van der Waals surface area contributed by atoms with Crippen LogP contribution in [0.1, 0.15) is 17.5 Å². The second kappa shape index (κ2) is 2.87. The van der Waals surface area contributed by atoms with Gasteiger partial charge in [-0.1, -0.05) is 12.1 Å². The van der Waals surface area contributed by atoms with Crippen molar-refractivity contribution in [2.45, 2.75) is 6.92 Å². The van der Waals surface area contributed by atoms with Gasteiger partial charge in [-0.05, 0) is 12.1 Å². The molecule has 15 heavy (non-hydrogen) atoms. The second-order valence-corrected chi connectivity index (χ2v) is 4.01. The summed E-state index contributed by atoms with van der Waals surface area (Å²) >= 11 is 1.25. The van der Waals surface area contributed by atoms with Crippen molar-refractivity contribution in [2.75, 3.05) is 0 Å². The first-order valence-electron chi connectivity index (χ1n) is 4.51. The van der Waals surface area contributed by atoms with E-state index in [1.807, 2.05) is 28.7 Å². The lowest BCUT2D eigenvalue weighted by Crippen LogP contribution is -1.99. The van der Waals surface area contributed by atoms with Crippen molar-refractivity contribution < 1.29 is 4.79 Å². The fourth-order valence-corrected chi connectivity index (χ4v) is 2.40. The summed E-state index contributed by atoms with van der Waals surface area (Å²) in [5, 5.41) is 0. The summed E-state index contributed by atoms with van der Waals surface area (Å²) < 4.78 is 5.91. The Labute approximate surface area is 89.3 Å². The minimum absolute atomic E-state index is 0.0376. The minimum Gasteiger partial charge on any atom is -0.291 e. The number of benzene rings is 1. The number of fused-ring (bicyclic) bond motifs is 3. The summed E-state index contributed by atoms with van der Waals surface area (Å²) in [5.41, 5.74) is 1.83. The van der Waals surface area contributed by atoms with Crippen LogP contribution in [0.2, 0.25) is 0 Å². The smallest absolute Gasteiger partial charge is 0.214 e. The van der Waals surface area contributed by atoms with Crippen molar-refractivity contribution in [3.05, 3.63) is 30.1 Å². The van der Waals surface area contributed by atoms with Gasteiger partial charge < -0.3 is 0 Å². The number of carbonyl (C=O) groups excluding carboxylic acids is 1. The van der Waals surface area contributed by atoms with E-state index in [0.29, 0.717) is 5.82 Å². The molecule has 3 aromatic rings. The standard InChI is InChI=1S/C10H7N3OS/c1-6(14)9-12-15-10-11-7-4-2-3-5-8(7)13(9)10/h2-5H,1H3. The number of aromatic nitrogens is 3. The molecule has 0 aliphatic rings. The number of ketones is 1. The van der Waals surface area contributed by atoms with Gasteiger partial charge in [0.1, 0.15) is 0 Å². The Morgan fingerprint density at radius 2 is 2.20 bits per heavy atom. The number of imidazole rings is 1. The van der Waals surface area contributed by atoms with Crippen LogP contribution in [0, 0.1) is 0 Å². The molecule has 0 saturated carbocycles. The molecule has 0 saturated heterocycles. The van der Waals surface area contributed by atoms with Crippen LogP contribution < -0.4 is 0 Å². The molecule has 2 heterocycles. The van der Waals surface area contributed by atoms with Gasteiger partial charge in [0.2, 0.25) is 4.96 Å². The SMILES string of the molecule is CC(=O)c1nsc2nc3ccccc3n12. The van der Waals surface area contributed by atoms with Gasteiger partial charge >= 0.3 is 0 Å². The maximum Gasteiger partial charge on any atom is 0.214 e. The molecule has 0 radical (unpaired) electrons. The van der Waals surface area contributed by atoms with Crippen molar-refractivity contribution in [2.24, 2.45) is 0 Å². The largest absolute Gasteiger partial charge is 0.291 e. The third-order valence-corrected chi connectivity index (χ3v) is 2.97. The highest BCUT2D eigenvalue weighted by Crippen LogP contribution is 2.20. The predicted molar refractivity (Wildman–Crippen MR) is 58.4 cm³/mol. The van der Waals surface area contributed by atoms with Crippen molar-refractivity contribution in [3.63, 3.8) is 0 Å². The molecule has 0 spiro atoms. The third kappa shape index (κ3) is 1.10. The Morgan fingerprint density at radius 1 is 1.40 bits per heavy atom. The van der Waals surface area contributed by atoms with E-state index in [9.17, 15) is 4.79 Å². The van der Waals surface area contributed by atoms with Gasteiger partial charge in [0.25, 0.3) is 0 Å². The zero-order valence-electron chi connectivity index (χ0n) is 7.97. The highest BCUT2D eigenvalue weighted by Gasteiger charge is 2.14. The number of carbonyl (C=O) groups is 1. The summed E-state index contributed by atoms with van der Waals surface area (Å²) in [6.07, 6.45) is 0. The van der Waals surface area contributed by atoms with E-state index in [2.05, 4.69) is 9.36 Å². The van der Waals surface area contributed by atoms with E-state index < -0.39 is 0 Å². The minimum atomic E-state index is -0.0376. The molecule has 3 rings (SSSR count). The molecule has 0 aliphatic carbocycles. The third-order valence-electron chi connectivity index (χ3n) is 2.27. The van der Waals surface area contributed by atoms with Crippen LogP contribution in [0.5, 0.6) is 0 Å². The molecular weight excluding hydrogens is 210 g/mol. The molecule has 74 valence electrons. The van der Waals surface area contributed by atoms with E-state index in [-0.39, 0.29) is 5.78 Å². The molecule has 4 nitrogen and oxygen atoms in total. The van der Waals surface area contributed by atoms with Gasteiger partial charge in [-0.15, -0.1) is 0 Å². The van der Waals surface area contributed by atoms with Crippen molar-refractivity contribution in [1.82, 2.24) is 13.8 Å². The number of hydrogen-bond acceptors (Lipinski definition) is 4. The maximum absolute atomic E-state index is 11.4. The highest BCUT2D eigenvalue weighted by molar-refractivity contribution is 7.11. The molecule has 0 unspecified atom stereocenters. The lowest BCUT2D eigenvalue weighted by atomic mass is 10.3. The van der Waals surface area contributed by atoms with Crippen LogP contribution in [-0.4, -0.2) is 19.5 Å². The molecule has 0 amide bonds. The Balaban J connectivity index is 2.54. The Bertz CT molecular complexity index is 667. The first-order valence-corrected chi connectivity index (χ1v) is 5.28. The van der Waals surface area contributed by atoms with Crippen LogP contribution in [0.25, 0.3) is 16.0 Å². The summed E-state index contributed by atoms with van der Waals surface area (Å²) in [7, 11) is 0. The fourth-order valence-electron chi connectivity index (χ4n) is 1.62. The second-order valence-electron chi connectivity index (χ2n) is 3.28. The Morgan fingerprint density at radius 3 is 3.00 bits per heavy atom. The van der Waals surface area contributed by atoms with E-state index >= 15 is 0 Å². The van der Waals surface area contributed by atoms with Gasteiger partial charge in [0.05, 0.1) is 11.0 Å². The van der Waals surface area contributed by atoms with E-state index in [1.165, 1.54) is 18.5 Å². The number of para-hydroxylation sites is 2. The highest BCUT2D eigenvalue weighted by atomic mass is 32.1. The van der Waals surface area contributed by atoms with Crippen LogP contribution in [0.4, 0.5) is 0 Å². The van der Waals surface area contributed by atoms with Gasteiger partial charge in [-0.2, -0.15) is 4.37 Å². The zero-order valence-corrected chi connectivity index (χ0v) is 8.78. The molecule has 5 heteroatoms. The van der Waals surface area contributed by atoms with Crippen molar-refractivity contribution >= 4 is 33.3 Å². The first kappa shape index (κ1) is 8.55. The molecule has 0 aliphatic heterocycles. The quantitative estimate of drug-likeness (QED) is 0.587. The summed E-state index contributed by atoms with van der Waals surface area (Å²) in [6, 6.07) is 7.73. The molecule has 1 aromatic carbocycles. The number of rotatable bonds is 1. The van der Waals surface area contributed by atoms with Crippen LogP contribution in [0.15, 0.2) is 24.3 Å².